The minimum atomic E-state index is -2.17. The molecule has 1 N–H and O–H groups in total. The summed E-state index contributed by atoms with van der Waals surface area (Å²) in [7, 11) is 0. The third-order valence-corrected chi connectivity index (χ3v) is 3.01. The third-order valence-electron chi connectivity index (χ3n) is 2.53. The van der Waals surface area contributed by atoms with Crippen LogP contribution in [0.5, 0.6) is 0 Å². The van der Waals surface area contributed by atoms with Crippen molar-refractivity contribution < 1.29 is 14.3 Å². The molecule has 1 aromatic heterocycles. The molecule has 2 aromatic carbocycles. The number of halogens is 3. The van der Waals surface area contributed by atoms with Gasteiger partial charge in [-0.3, -0.25) is 0 Å². The molecule has 0 aliphatic heterocycles. The molecule has 0 amide bonds. The topological polar surface area (TPSA) is 50.4 Å². The van der Waals surface area contributed by atoms with Crippen LogP contribution in [-0.2, 0) is 4.79 Å². The van der Waals surface area contributed by atoms with Crippen molar-refractivity contribution in [3.05, 3.63) is 48.5 Å². The standard InChI is InChI=1S/C12H8O.C2HCl3O2/c1-3-7-11-9(5-1)10-6-2-4-8-12(10)13-11;3-2(4,5)1(6)7/h1-8H;(H,6,7). The summed E-state index contributed by atoms with van der Waals surface area (Å²) in [6.07, 6.45) is 0. The Morgan fingerprint density at radius 2 is 1.25 bits per heavy atom. The second kappa shape index (κ2) is 5.92. The number of hydrogen-bond donors (Lipinski definition) is 1. The molecule has 3 nitrogen and oxygen atoms in total. The van der Waals surface area contributed by atoms with E-state index in [-0.39, 0.29) is 0 Å². The predicted molar refractivity (Wildman–Crippen MR) is 81.6 cm³/mol. The van der Waals surface area contributed by atoms with Gasteiger partial charge in [0, 0.05) is 10.8 Å². The fraction of sp³-hybridized carbons (Fsp3) is 0.0714. The summed E-state index contributed by atoms with van der Waals surface area (Å²) in [5.74, 6) is -1.46. The van der Waals surface area contributed by atoms with Crippen LogP contribution in [0.3, 0.4) is 0 Å². The van der Waals surface area contributed by atoms with E-state index in [0.717, 1.165) is 11.2 Å². The smallest absolute Gasteiger partial charge is 0.356 e. The van der Waals surface area contributed by atoms with Gasteiger partial charge in [-0.2, -0.15) is 0 Å². The molecular formula is C14H9Cl3O3. The first-order valence-corrected chi connectivity index (χ1v) is 6.69. The van der Waals surface area contributed by atoms with Crippen molar-refractivity contribution in [1.29, 1.82) is 0 Å². The Hall–Kier alpha value is -1.42. The number of fused-ring (bicyclic) bond motifs is 3. The Balaban J connectivity index is 0.000000182. The van der Waals surface area contributed by atoms with E-state index in [1.165, 1.54) is 10.8 Å². The van der Waals surface area contributed by atoms with Gasteiger partial charge in [0.25, 0.3) is 3.79 Å². The third kappa shape index (κ3) is 3.37. The highest BCUT2D eigenvalue weighted by Crippen LogP contribution is 2.27. The van der Waals surface area contributed by atoms with Crippen molar-refractivity contribution in [2.75, 3.05) is 0 Å². The number of aliphatic carboxylic acids is 1. The molecule has 0 saturated heterocycles. The Morgan fingerprint density at radius 3 is 1.60 bits per heavy atom. The van der Waals surface area contributed by atoms with E-state index >= 15 is 0 Å². The van der Waals surface area contributed by atoms with Crippen LogP contribution in [0.1, 0.15) is 0 Å². The van der Waals surface area contributed by atoms with Crippen LogP contribution in [0.4, 0.5) is 0 Å². The fourth-order valence-corrected chi connectivity index (χ4v) is 1.67. The zero-order chi connectivity index (χ0) is 14.8. The van der Waals surface area contributed by atoms with Crippen LogP contribution in [0.2, 0.25) is 0 Å². The summed E-state index contributed by atoms with van der Waals surface area (Å²) in [6.45, 7) is 0. The van der Waals surface area contributed by atoms with Crippen LogP contribution in [0, 0.1) is 0 Å². The average molecular weight is 332 g/mol. The number of carboxylic acids is 1. The van der Waals surface area contributed by atoms with Gasteiger partial charge in [0.2, 0.25) is 0 Å². The molecule has 3 rings (SSSR count). The predicted octanol–water partition coefficient (Wildman–Crippen LogP) is 5.03. The maximum absolute atomic E-state index is 9.62. The number of para-hydroxylation sites is 2. The lowest BCUT2D eigenvalue weighted by molar-refractivity contribution is -0.135. The Morgan fingerprint density at radius 1 is 0.900 bits per heavy atom. The zero-order valence-corrected chi connectivity index (χ0v) is 12.3. The molecule has 0 atom stereocenters. The van der Waals surface area contributed by atoms with Crippen molar-refractivity contribution in [2.45, 2.75) is 3.79 Å². The fourth-order valence-electron chi connectivity index (χ4n) is 1.67. The van der Waals surface area contributed by atoms with Crippen molar-refractivity contribution in [1.82, 2.24) is 0 Å². The summed E-state index contributed by atoms with van der Waals surface area (Å²) in [5, 5.41) is 10.2. The lowest BCUT2D eigenvalue weighted by atomic mass is 10.2. The first-order chi connectivity index (χ1) is 9.39. The van der Waals surface area contributed by atoms with Crippen LogP contribution in [-0.4, -0.2) is 14.9 Å². The van der Waals surface area contributed by atoms with Crippen LogP contribution in [0.15, 0.2) is 52.9 Å². The summed E-state index contributed by atoms with van der Waals surface area (Å²) in [5.41, 5.74) is 1.92. The first-order valence-electron chi connectivity index (χ1n) is 5.56. The number of rotatable bonds is 0. The molecule has 0 spiro atoms. The van der Waals surface area contributed by atoms with Gasteiger partial charge in [0.05, 0.1) is 0 Å². The SMILES string of the molecule is O=C(O)C(Cl)(Cl)Cl.c1ccc2c(c1)oc1ccccc12. The van der Waals surface area contributed by atoms with Crippen LogP contribution in [0.25, 0.3) is 21.9 Å². The first kappa shape index (κ1) is 15.0. The lowest BCUT2D eigenvalue weighted by Crippen LogP contribution is -2.16. The summed E-state index contributed by atoms with van der Waals surface area (Å²) < 4.78 is 3.49. The van der Waals surface area contributed by atoms with E-state index in [0.29, 0.717) is 0 Å². The summed E-state index contributed by atoms with van der Waals surface area (Å²) >= 11 is 14.4. The van der Waals surface area contributed by atoms with E-state index in [2.05, 4.69) is 12.1 Å². The van der Waals surface area contributed by atoms with Crippen LogP contribution < -0.4 is 0 Å². The van der Waals surface area contributed by atoms with Crippen LogP contribution >= 0.6 is 34.8 Å². The minimum absolute atomic E-state index is 0.962. The molecule has 1 heterocycles. The van der Waals surface area contributed by atoms with Gasteiger partial charge in [-0.05, 0) is 12.1 Å². The van der Waals surface area contributed by atoms with Crippen molar-refractivity contribution in [2.24, 2.45) is 0 Å². The molecule has 0 fully saturated rings. The van der Waals surface area contributed by atoms with Gasteiger partial charge in [0.1, 0.15) is 11.2 Å². The number of alkyl halides is 3. The van der Waals surface area contributed by atoms with E-state index in [4.69, 9.17) is 44.3 Å². The van der Waals surface area contributed by atoms with E-state index < -0.39 is 9.76 Å². The quantitative estimate of drug-likeness (QED) is 0.588. The Kier molecular flexibility index (Phi) is 4.43. The summed E-state index contributed by atoms with van der Waals surface area (Å²) in [4.78, 5) is 9.62. The van der Waals surface area contributed by atoms with E-state index in [1.807, 2.05) is 36.4 Å². The number of carboxylic acid groups (broad SMARTS) is 1. The number of benzene rings is 2. The molecule has 20 heavy (non-hydrogen) atoms. The van der Waals surface area contributed by atoms with Crippen molar-refractivity contribution in [3.63, 3.8) is 0 Å². The van der Waals surface area contributed by atoms with Gasteiger partial charge >= 0.3 is 5.97 Å². The average Bonchev–Trinajstić information content (AvgIpc) is 2.77. The highest BCUT2D eigenvalue weighted by molar-refractivity contribution is 6.75. The van der Waals surface area contributed by atoms with Gasteiger partial charge in [-0.25, -0.2) is 4.79 Å². The van der Waals surface area contributed by atoms with Gasteiger partial charge in [0.15, 0.2) is 0 Å². The van der Waals surface area contributed by atoms with E-state index in [1.54, 1.807) is 0 Å². The molecule has 104 valence electrons. The van der Waals surface area contributed by atoms with E-state index in [9.17, 15) is 4.79 Å². The number of hydrogen-bond acceptors (Lipinski definition) is 2. The highest BCUT2D eigenvalue weighted by atomic mass is 35.6. The Labute approximate surface area is 129 Å². The maximum Gasteiger partial charge on any atom is 0.356 e. The largest absolute Gasteiger partial charge is 0.478 e. The monoisotopic (exact) mass is 330 g/mol. The molecular weight excluding hydrogens is 323 g/mol. The van der Waals surface area contributed by atoms with Gasteiger partial charge in [-0.15, -0.1) is 0 Å². The lowest BCUT2D eigenvalue weighted by Gasteiger charge is -1.99. The van der Waals surface area contributed by atoms with Gasteiger partial charge in [-0.1, -0.05) is 71.2 Å². The number of furan rings is 1. The zero-order valence-electron chi connectivity index (χ0n) is 10.0. The summed E-state index contributed by atoms with van der Waals surface area (Å²) in [6, 6.07) is 16.2. The van der Waals surface area contributed by atoms with Gasteiger partial charge < -0.3 is 9.52 Å². The van der Waals surface area contributed by atoms with Crippen molar-refractivity contribution in [3.8, 4) is 0 Å². The second-order valence-corrected chi connectivity index (χ2v) is 6.18. The molecule has 0 saturated carbocycles. The molecule has 0 bridgehead atoms. The van der Waals surface area contributed by atoms with Crippen molar-refractivity contribution >= 4 is 62.7 Å². The molecule has 0 aliphatic rings. The molecule has 0 aliphatic carbocycles. The minimum Gasteiger partial charge on any atom is -0.478 e. The Bertz CT molecular complexity index is 694. The second-order valence-electron chi connectivity index (χ2n) is 3.90. The number of carbonyl (C=O) groups is 1. The highest BCUT2D eigenvalue weighted by Gasteiger charge is 2.29. The molecule has 6 heteroatoms. The normalized spacial score (nSPS) is 11.2. The molecule has 0 radical (unpaired) electrons. The molecule has 0 unspecified atom stereocenters. The molecule has 3 aromatic rings. The maximum atomic E-state index is 9.62.